The topological polar surface area (TPSA) is 55.1 Å². The molecule has 1 heterocycles. The lowest BCUT2D eigenvalue weighted by molar-refractivity contribution is -0.142. The third-order valence-electron chi connectivity index (χ3n) is 2.61. The molecule has 21 heavy (non-hydrogen) atoms. The zero-order chi connectivity index (χ0) is 15.8. The minimum Gasteiger partial charge on any atom is -0.478 e. The van der Waals surface area contributed by atoms with Crippen LogP contribution in [0, 0.1) is 0 Å². The van der Waals surface area contributed by atoms with Gasteiger partial charge in [-0.3, -0.25) is 4.68 Å². The molecule has 0 aliphatic rings. The number of carbonyl (C=O) groups is 1. The highest BCUT2D eigenvalue weighted by Gasteiger charge is 2.39. The van der Waals surface area contributed by atoms with E-state index in [0.29, 0.717) is 10.6 Å². The Balaban J connectivity index is 2.39. The Kier molecular flexibility index (Phi) is 4.15. The molecule has 0 radical (unpaired) electrons. The number of carboxylic acids is 1. The average molecular weight is 339 g/mol. The van der Waals surface area contributed by atoms with Crippen LogP contribution in [0.4, 0.5) is 13.2 Å². The van der Waals surface area contributed by atoms with Gasteiger partial charge in [0, 0.05) is 16.2 Å². The van der Waals surface area contributed by atoms with Crippen molar-refractivity contribution in [1.82, 2.24) is 9.78 Å². The number of hydrogen-bond donors (Lipinski definition) is 1. The average Bonchev–Trinajstić information content (AvgIpc) is 2.77. The molecule has 0 saturated carbocycles. The molecule has 0 aliphatic carbocycles. The van der Waals surface area contributed by atoms with Gasteiger partial charge in [-0.25, -0.2) is 4.79 Å². The van der Waals surface area contributed by atoms with Crippen LogP contribution in [0.3, 0.4) is 0 Å². The number of benzene rings is 1. The highest BCUT2D eigenvalue weighted by atomic mass is 35.5. The molecule has 4 nitrogen and oxygen atoms in total. The summed E-state index contributed by atoms with van der Waals surface area (Å²) in [5.41, 5.74) is -1.89. The number of rotatable bonds is 3. The Hall–Kier alpha value is -1.73. The van der Waals surface area contributed by atoms with Crippen LogP contribution in [0.25, 0.3) is 0 Å². The summed E-state index contributed by atoms with van der Waals surface area (Å²) in [6.45, 7) is -0.105. The van der Waals surface area contributed by atoms with Crippen molar-refractivity contribution in [3.8, 4) is 0 Å². The molecular weight excluding hydrogens is 332 g/mol. The van der Waals surface area contributed by atoms with Crippen LogP contribution >= 0.6 is 23.2 Å². The van der Waals surface area contributed by atoms with E-state index in [4.69, 9.17) is 28.3 Å². The molecule has 0 spiro atoms. The van der Waals surface area contributed by atoms with Gasteiger partial charge in [-0.2, -0.15) is 18.3 Å². The molecule has 1 N–H and O–H groups in total. The Morgan fingerprint density at radius 2 is 2.00 bits per heavy atom. The number of halogens is 5. The van der Waals surface area contributed by atoms with E-state index < -0.39 is 23.4 Å². The first-order valence-corrected chi connectivity index (χ1v) is 6.26. The van der Waals surface area contributed by atoms with Gasteiger partial charge in [0.2, 0.25) is 0 Å². The summed E-state index contributed by atoms with van der Waals surface area (Å²) in [4.78, 5) is 10.8. The van der Waals surface area contributed by atoms with Crippen molar-refractivity contribution < 1.29 is 23.1 Å². The Labute approximate surface area is 126 Å². The number of nitrogens with zero attached hydrogens (tertiary/aromatic N) is 2. The third-order valence-corrected chi connectivity index (χ3v) is 3.20. The van der Waals surface area contributed by atoms with Crippen molar-refractivity contribution >= 4 is 29.2 Å². The number of hydrogen-bond acceptors (Lipinski definition) is 2. The van der Waals surface area contributed by atoms with Gasteiger partial charge >= 0.3 is 12.1 Å². The summed E-state index contributed by atoms with van der Waals surface area (Å²) in [5.74, 6) is -1.70. The van der Waals surface area contributed by atoms with Crippen LogP contribution in [0.1, 0.15) is 21.6 Å². The molecule has 0 unspecified atom stereocenters. The molecular formula is C12H7Cl2F3N2O2. The largest absolute Gasteiger partial charge is 0.478 e. The molecule has 0 saturated heterocycles. The first-order valence-electron chi connectivity index (χ1n) is 5.50. The minimum absolute atomic E-state index is 0.105. The van der Waals surface area contributed by atoms with Crippen LogP contribution in [0.15, 0.2) is 24.4 Å². The minimum atomic E-state index is -4.84. The quantitative estimate of drug-likeness (QED) is 0.921. The SMILES string of the molecule is O=C(O)c1cn(Cc2ccc(Cl)cc2Cl)nc1C(F)(F)F. The van der Waals surface area contributed by atoms with Gasteiger partial charge in [0.1, 0.15) is 5.56 Å². The molecule has 1 aromatic carbocycles. The second-order valence-corrected chi connectivity index (χ2v) is 4.97. The maximum absolute atomic E-state index is 12.7. The van der Waals surface area contributed by atoms with E-state index >= 15 is 0 Å². The lowest BCUT2D eigenvalue weighted by Gasteiger charge is -2.05. The summed E-state index contributed by atoms with van der Waals surface area (Å²) in [6.07, 6.45) is -4.03. The Morgan fingerprint density at radius 1 is 1.33 bits per heavy atom. The van der Waals surface area contributed by atoms with Gasteiger partial charge in [0.05, 0.1) is 6.54 Å². The zero-order valence-electron chi connectivity index (χ0n) is 10.2. The van der Waals surface area contributed by atoms with Crippen molar-refractivity contribution in [2.24, 2.45) is 0 Å². The molecule has 0 atom stereocenters. The highest BCUT2D eigenvalue weighted by Crippen LogP contribution is 2.31. The maximum Gasteiger partial charge on any atom is 0.436 e. The van der Waals surface area contributed by atoms with Crippen molar-refractivity contribution in [2.75, 3.05) is 0 Å². The number of aromatic nitrogens is 2. The molecule has 1 aromatic heterocycles. The monoisotopic (exact) mass is 338 g/mol. The fourth-order valence-electron chi connectivity index (χ4n) is 1.69. The van der Waals surface area contributed by atoms with Crippen molar-refractivity contribution in [2.45, 2.75) is 12.7 Å². The second kappa shape index (κ2) is 5.57. The molecule has 112 valence electrons. The van der Waals surface area contributed by atoms with Gasteiger partial charge in [-0.15, -0.1) is 0 Å². The van der Waals surface area contributed by atoms with E-state index in [1.165, 1.54) is 18.2 Å². The molecule has 2 aromatic rings. The summed E-state index contributed by atoms with van der Waals surface area (Å²) < 4.78 is 39.0. The number of carboxylic acid groups (broad SMARTS) is 1. The van der Waals surface area contributed by atoms with Gasteiger partial charge in [0.25, 0.3) is 0 Å². The predicted molar refractivity (Wildman–Crippen MR) is 69.8 cm³/mol. The Morgan fingerprint density at radius 3 is 2.48 bits per heavy atom. The first-order chi connectivity index (χ1) is 9.68. The normalized spacial score (nSPS) is 11.7. The summed E-state index contributed by atoms with van der Waals surface area (Å²) >= 11 is 11.6. The first kappa shape index (κ1) is 15.7. The fraction of sp³-hybridized carbons (Fsp3) is 0.167. The van der Waals surface area contributed by atoms with Gasteiger partial charge in [0.15, 0.2) is 5.69 Å². The van der Waals surface area contributed by atoms with Crippen LogP contribution in [-0.2, 0) is 12.7 Å². The van der Waals surface area contributed by atoms with E-state index in [9.17, 15) is 18.0 Å². The van der Waals surface area contributed by atoms with E-state index in [1.54, 1.807) is 0 Å². The molecule has 0 amide bonds. The van der Waals surface area contributed by atoms with Crippen molar-refractivity contribution in [3.63, 3.8) is 0 Å². The van der Waals surface area contributed by atoms with Crippen LogP contribution in [0.2, 0.25) is 10.0 Å². The molecule has 0 bridgehead atoms. The fourth-order valence-corrected chi connectivity index (χ4v) is 2.16. The standard InChI is InChI=1S/C12H7Cl2F3N2O2/c13-7-2-1-6(9(14)3-7)4-19-5-8(11(20)21)10(18-19)12(15,16)17/h1-3,5H,4H2,(H,20,21). The van der Waals surface area contributed by atoms with Crippen molar-refractivity contribution in [3.05, 3.63) is 51.3 Å². The van der Waals surface area contributed by atoms with Crippen LogP contribution in [-0.4, -0.2) is 20.9 Å². The second-order valence-electron chi connectivity index (χ2n) is 4.13. The van der Waals surface area contributed by atoms with Gasteiger partial charge in [-0.1, -0.05) is 29.3 Å². The smallest absolute Gasteiger partial charge is 0.436 e. The summed E-state index contributed by atoms with van der Waals surface area (Å²) in [6, 6.07) is 4.49. The van der Waals surface area contributed by atoms with Crippen LogP contribution in [0.5, 0.6) is 0 Å². The predicted octanol–water partition coefficient (Wildman–Crippen LogP) is 3.96. The van der Waals surface area contributed by atoms with Gasteiger partial charge < -0.3 is 5.11 Å². The van der Waals surface area contributed by atoms with E-state index in [1.807, 2.05) is 0 Å². The van der Waals surface area contributed by atoms with Crippen LogP contribution < -0.4 is 0 Å². The maximum atomic E-state index is 12.7. The summed E-state index contributed by atoms with van der Waals surface area (Å²) in [5, 5.41) is 12.7. The number of alkyl halides is 3. The molecule has 0 fully saturated rings. The third kappa shape index (κ3) is 3.48. The Bertz CT molecular complexity index is 698. The van der Waals surface area contributed by atoms with E-state index in [2.05, 4.69) is 5.10 Å². The molecule has 2 rings (SSSR count). The number of aromatic carboxylic acids is 1. The van der Waals surface area contributed by atoms with Crippen molar-refractivity contribution in [1.29, 1.82) is 0 Å². The lowest BCUT2D eigenvalue weighted by atomic mass is 10.2. The molecule has 0 aliphatic heterocycles. The summed E-state index contributed by atoms with van der Waals surface area (Å²) in [7, 11) is 0. The highest BCUT2D eigenvalue weighted by molar-refractivity contribution is 6.35. The van der Waals surface area contributed by atoms with E-state index in [-0.39, 0.29) is 11.6 Å². The van der Waals surface area contributed by atoms with E-state index in [0.717, 1.165) is 10.9 Å². The van der Waals surface area contributed by atoms with Gasteiger partial charge in [-0.05, 0) is 17.7 Å². The lowest BCUT2D eigenvalue weighted by Crippen LogP contribution is -2.12. The zero-order valence-corrected chi connectivity index (χ0v) is 11.7. The molecule has 9 heteroatoms.